The molecule has 1 aromatic heterocycles. The van der Waals surface area contributed by atoms with Crippen LogP contribution in [0.15, 0.2) is 48.5 Å². The number of carbonyl (C=O) groups is 1. The number of nitrogens with zero attached hydrogens (tertiary/aromatic N) is 7. The number of nitrogens with one attached hydrogen (secondary N) is 1. The van der Waals surface area contributed by atoms with E-state index in [9.17, 15) is 14.9 Å². The number of anilines is 2. The third-order valence-corrected chi connectivity index (χ3v) is 5.25. The first-order valence-corrected chi connectivity index (χ1v) is 9.88. The lowest BCUT2D eigenvalue weighted by atomic mass is 10.1. The molecule has 160 valence electrons. The zero-order valence-corrected chi connectivity index (χ0v) is 17.0. The summed E-state index contributed by atoms with van der Waals surface area (Å²) in [4.78, 5) is 27.2. The van der Waals surface area contributed by atoms with Crippen molar-refractivity contribution in [2.75, 3.05) is 42.9 Å². The number of benzene rings is 2. The van der Waals surface area contributed by atoms with E-state index in [1.165, 1.54) is 6.07 Å². The monoisotopic (exact) mass is 422 g/mol. The minimum Gasteiger partial charge on any atom is -0.337 e. The molecule has 0 spiro atoms. The largest absolute Gasteiger partial charge is 0.337 e. The molecular formula is C20H22N8O3. The molecule has 2 heterocycles. The number of piperazine rings is 1. The van der Waals surface area contributed by atoms with Gasteiger partial charge in [0.15, 0.2) is 0 Å². The maximum atomic E-state index is 12.5. The van der Waals surface area contributed by atoms with E-state index in [0.29, 0.717) is 43.4 Å². The molecule has 0 saturated carbocycles. The van der Waals surface area contributed by atoms with E-state index in [1.54, 1.807) is 23.7 Å². The molecule has 0 radical (unpaired) electrons. The van der Waals surface area contributed by atoms with Crippen molar-refractivity contribution in [1.82, 2.24) is 25.1 Å². The second-order valence-electron chi connectivity index (χ2n) is 7.24. The van der Waals surface area contributed by atoms with Gasteiger partial charge in [-0.05, 0) is 35.5 Å². The van der Waals surface area contributed by atoms with Crippen LogP contribution < -0.4 is 10.2 Å². The van der Waals surface area contributed by atoms with E-state index < -0.39 is 4.92 Å². The summed E-state index contributed by atoms with van der Waals surface area (Å²) in [5, 5.41) is 25.9. The number of nitro benzene ring substituents is 1. The fourth-order valence-corrected chi connectivity index (χ4v) is 3.57. The first-order valence-electron chi connectivity index (χ1n) is 9.88. The maximum absolute atomic E-state index is 12.5. The number of para-hydroxylation sites is 1. The number of carbonyl (C=O) groups excluding carboxylic acids is 1. The molecule has 1 amide bonds. The van der Waals surface area contributed by atoms with Crippen molar-refractivity contribution < 1.29 is 9.72 Å². The van der Waals surface area contributed by atoms with Gasteiger partial charge in [-0.1, -0.05) is 29.4 Å². The summed E-state index contributed by atoms with van der Waals surface area (Å²) in [7, 11) is 0. The Bertz CT molecular complexity index is 1080. The molecule has 0 aliphatic carbocycles. The number of tetrazole rings is 1. The Labute approximate surface area is 178 Å². The second kappa shape index (κ2) is 8.88. The van der Waals surface area contributed by atoms with Gasteiger partial charge in [-0.15, -0.1) is 0 Å². The van der Waals surface area contributed by atoms with E-state index in [0.717, 1.165) is 5.69 Å². The van der Waals surface area contributed by atoms with Crippen LogP contribution >= 0.6 is 0 Å². The summed E-state index contributed by atoms with van der Waals surface area (Å²) in [5.41, 5.74) is 1.78. The Morgan fingerprint density at radius 3 is 2.55 bits per heavy atom. The molecule has 0 bridgehead atoms. The van der Waals surface area contributed by atoms with Gasteiger partial charge in [0, 0.05) is 32.2 Å². The average Bonchev–Trinajstić information content (AvgIpc) is 3.26. The standard InChI is InChI=1S/C20H22N8O3/c1-15-17(8-5-9-18(15)28(30)31)21-19(29)14-25-10-12-26(13-11-25)20-22-23-24-27(20)16-6-3-2-4-7-16/h2-9H,10-14H2,1H3,(H,21,29). The van der Waals surface area contributed by atoms with Crippen molar-refractivity contribution in [3.05, 3.63) is 64.2 Å². The Kier molecular flexibility index (Phi) is 5.85. The summed E-state index contributed by atoms with van der Waals surface area (Å²) in [6.45, 7) is 4.53. The number of hydrogen-bond donors (Lipinski definition) is 1. The highest BCUT2D eigenvalue weighted by atomic mass is 16.6. The molecule has 2 aromatic carbocycles. The van der Waals surface area contributed by atoms with Crippen molar-refractivity contribution in [3.63, 3.8) is 0 Å². The van der Waals surface area contributed by atoms with E-state index >= 15 is 0 Å². The number of rotatable bonds is 6. The minimum absolute atomic E-state index is 0.0115. The van der Waals surface area contributed by atoms with Gasteiger partial charge < -0.3 is 10.2 Å². The molecule has 31 heavy (non-hydrogen) atoms. The highest BCUT2D eigenvalue weighted by molar-refractivity contribution is 5.93. The lowest BCUT2D eigenvalue weighted by Crippen LogP contribution is -2.49. The molecule has 1 N–H and O–H groups in total. The molecule has 1 aliphatic heterocycles. The third kappa shape index (κ3) is 4.51. The number of hydrogen-bond acceptors (Lipinski definition) is 8. The van der Waals surface area contributed by atoms with Crippen molar-refractivity contribution >= 4 is 23.2 Å². The predicted octanol–water partition coefficient (Wildman–Crippen LogP) is 1.64. The summed E-state index contributed by atoms with van der Waals surface area (Å²) in [6, 6.07) is 14.3. The van der Waals surface area contributed by atoms with Crippen molar-refractivity contribution in [3.8, 4) is 5.69 Å². The SMILES string of the molecule is Cc1c(NC(=O)CN2CCN(c3nnnn3-c3ccccc3)CC2)cccc1[N+](=O)[O-]. The van der Waals surface area contributed by atoms with Gasteiger partial charge in [-0.25, -0.2) is 0 Å². The minimum atomic E-state index is -0.451. The van der Waals surface area contributed by atoms with E-state index in [2.05, 4.69) is 25.7 Å². The molecule has 11 heteroatoms. The smallest absolute Gasteiger partial charge is 0.274 e. The molecular weight excluding hydrogens is 400 g/mol. The van der Waals surface area contributed by atoms with E-state index in [4.69, 9.17) is 0 Å². The Balaban J connectivity index is 1.34. The zero-order chi connectivity index (χ0) is 21.8. The Morgan fingerprint density at radius 2 is 1.84 bits per heavy atom. The second-order valence-corrected chi connectivity index (χ2v) is 7.24. The third-order valence-electron chi connectivity index (χ3n) is 5.25. The van der Waals surface area contributed by atoms with Crippen molar-refractivity contribution in [2.24, 2.45) is 0 Å². The Hall–Kier alpha value is -3.86. The van der Waals surface area contributed by atoms with Gasteiger partial charge in [-0.3, -0.25) is 19.8 Å². The lowest BCUT2D eigenvalue weighted by Gasteiger charge is -2.34. The molecule has 11 nitrogen and oxygen atoms in total. The van der Waals surface area contributed by atoms with Gasteiger partial charge in [-0.2, -0.15) is 4.68 Å². The van der Waals surface area contributed by atoms with Gasteiger partial charge in [0.1, 0.15) is 0 Å². The van der Waals surface area contributed by atoms with Gasteiger partial charge in [0.25, 0.3) is 5.69 Å². The van der Waals surface area contributed by atoms with Gasteiger partial charge in [0.2, 0.25) is 11.9 Å². The fraction of sp³-hybridized carbons (Fsp3) is 0.300. The molecule has 1 saturated heterocycles. The van der Waals surface area contributed by atoms with Crippen LogP contribution in [-0.2, 0) is 4.79 Å². The number of nitro groups is 1. The van der Waals surface area contributed by atoms with Gasteiger partial charge in [0.05, 0.1) is 28.4 Å². The quantitative estimate of drug-likeness (QED) is 0.470. The Morgan fingerprint density at radius 1 is 1.10 bits per heavy atom. The predicted molar refractivity (Wildman–Crippen MR) is 114 cm³/mol. The molecule has 1 aliphatic rings. The highest BCUT2D eigenvalue weighted by Crippen LogP contribution is 2.25. The summed E-state index contributed by atoms with van der Waals surface area (Å²) < 4.78 is 1.70. The topological polar surface area (TPSA) is 122 Å². The first-order chi connectivity index (χ1) is 15.0. The van der Waals surface area contributed by atoms with Crippen LogP contribution in [0.25, 0.3) is 5.69 Å². The van der Waals surface area contributed by atoms with E-state index in [-0.39, 0.29) is 18.1 Å². The van der Waals surface area contributed by atoms with Crippen LogP contribution in [0.4, 0.5) is 17.3 Å². The van der Waals surface area contributed by atoms with Gasteiger partial charge >= 0.3 is 0 Å². The lowest BCUT2D eigenvalue weighted by molar-refractivity contribution is -0.385. The van der Waals surface area contributed by atoms with E-state index in [1.807, 2.05) is 35.2 Å². The van der Waals surface area contributed by atoms with Crippen molar-refractivity contribution in [1.29, 1.82) is 0 Å². The highest BCUT2D eigenvalue weighted by Gasteiger charge is 2.24. The molecule has 3 aromatic rings. The number of amides is 1. The summed E-state index contributed by atoms with van der Waals surface area (Å²) >= 11 is 0. The van der Waals surface area contributed by atoms with Crippen LogP contribution in [0.5, 0.6) is 0 Å². The van der Waals surface area contributed by atoms with Crippen molar-refractivity contribution in [2.45, 2.75) is 6.92 Å². The van der Waals surface area contributed by atoms with Crippen LogP contribution in [0, 0.1) is 17.0 Å². The summed E-state index contributed by atoms with van der Waals surface area (Å²) in [6.07, 6.45) is 0. The molecule has 0 atom stereocenters. The van der Waals surface area contributed by atoms with Crippen LogP contribution in [0.3, 0.4) is 0 Å². The molecule has 0 unspecified atom stereocenters. The normalized spacial score (nSPS) is 14.4. The number of aromatic nitrogens is 4. The fourth-order valence-electron chi connectivity index (χ4n) is 3.57. The molecule has 4 rings (SSSR count). The maximum Gasteiger partial charge on any atom is 0.274 e. The summed E-state index contributed by atoms with van der Waals surface area (Å²) in [5.74, 6) is 0.466. The first kappa shape index (κ1) is 20.4. The average molecular weight is 422 g/mol. The van der Waals surface area contributed by atoms with Crippen LogP contribution in [-0.4, -0.2) is 68.7 Å². The van der Waals surface area contributed by atoms with Crippen LogP contribution in [0.2, 0.25) is 0 Å². The molecule has 1 fully saturated rings. The van der Waals surface area contributed by atoms with Crippen LogP contribution in [0.1, 0.15) is 5.56 Å². The zero-order valence-electron chi connectivity index (χ0n) is 17.0.